The zero-order chi connectivity index (χ0) is 20.1. The van der Waals surface area contributed by atoms with Gasteiger partial charge in [-0.1, -0.05) is 30.0 Å². The monoisotopic (exact) mass is 375 g/mol. The van der Waals surface area contributed by atoms with Crippen molar-refractivity contribution in [3.05, 3.63) is 95.6 Å². The second-order valence-corrected chi connectivity index (χ2v) is 6.53. The van der Waals surface area contributed by atoms with E-state index in [1.807, 2.05) is 32.2 Å². The van der Waals surface area contributed by atoms with E-state index in [1.54, 1.807) is 25.3 Å². The molecule has 3 aromatic heterocycles. The van der Waals surface area contributed by atoms with Crippen LogP contribution in [0.25, 0.3) is 16.8 Å². The average Bonchev–Trinajstić information content (AvgIpc) is 3.14. The maximum Gasteiger partial charge on any atom is 0.167 e. The molecule has 0 saturated heterocycles. The number of allylic oxidation sites excluding steroid dienone is 5. The number of nitrogens with zero attached hydrogens (tertiary/aromatic N) is 3. The van der Waals surface area contributed by atoms with E-state index < -0.39 is 0 Å². The number of aryl methyl sites for hydroxylation is 2. The Morgan fingerprint density at radius 3 is 2.71 bits per heavy atom. The molecule has 142 valence electrons. The first-order valence-electron chi connectivity index (χ1n) is 9.00. The highest BCUT2D eigenvalue weighted by atomic mass is 19.1. The molecule has 0 amide bonds. The Hall–Kier alpha value is -3.34. The van der Waals surface area contributed by atoms with Crippen LogP contribution in [0.1, 0.15) is 35.2 Å². The van der Waals surface area contributed by atoms with Gasteiger partial charge >= 0.3 is 0 Å². The van der Waals surface area contributed by atoms with Gasteiger partial charge in [0.25, 0.3) is 0 Å². The first kappa shape index (κ1) is 19.4. The fourth-order valence-corrected chi connectivity index (χ4v) is 2.93. The molecule has 3 heterocycles. The minimum Gasteiger partial charge on any atom is -0.356 e. The molecule has 0 N–H and O–H groups in total. The lowest BCUT2D eigenvalue weighted by atomic mass is 10.0. The van der Waals surface area contributed by atoms with Crippen LogP contribution in [0.2, 0.25) is 0 Å². The van der Waals surface area contributed by atoms with Crippen LogP contribution in [0.5, 0.6) is 0 Å². The lowest BCUT2D eigenvalue weighted by Gasteiger charge is -2.07. The summed E-state index contributed by atoms with van der Waals surface area (Å²) in [5.41, 5.74) is 6.34. The van der Waals surface area contributed by atoms with Crippen molar-refractivity contribution in [1.82, 2.24) is 15.1 Å². The summed E-state index contributed by atoms with van der Waals surface area (Å²) in [5, 5.41) is 4.09. The average molecular weight is 375 g/mol. The molecule has 0 bridgehead atoms. The highest BCUT2D eigenvalue weighted by Crippen LogP contribution is 2.24. The van der Waals surface area contributed by atoms with Gasteiger partial charge in [-0.3, -0.25) is 9.97 Å². The van der Waals surface area contributed by atoms with Crippen molar-refractivity contribution < 1.29 is 8.91 Å². The molecule has 5 heteroatoms. The SMILES string of the molecule is C=C/C(=C\C(F)=C/C)c1cc(Cc2cnc(-c3ccnc(C)c3)c(C)c2)no1. The summed E-state index contributed by atoms with van der Waals surface area (Å²) in [4.78, 5) is 8.85. The third-order valence-corrected chi connectivity index (χ3v) is 4.32. The molecule has 3 aromatic rings. The summed E-state index contributed by atoms with van der Waals surface area (Å²) < 4.78 is 18.9. The molecule has 3 rings (SSSR count). The zero-order valence-corrected chi connectivity index (χ0v) is 16.2. The summed E-state index contributed by atoms with van der Waals surface area (Å²) >= 11 is 0. The van der Waals surface area contributed by atoms with Gasteiger partial charge in [-0.05, 0) is 50.1 Å². The van der Waals surface area contributed by atoms with Crippen molar-refractivity contribution in [2.75, 3.05) is 0 Å². The molecule has 0 fully saturated rings. The molecule has 28 heavy (non-hydrogen) atoms. The number of hydrogen-bond acceptors (Lipinski definition) is 4. The van der Waals surface area contributed by atoms with Crippen LogP contribution in [0.4, 0.5) is 4.39 Å². The Kier molecular flexibility index (Phi) is 5.94. The molecule has 0 spiro atoms. The van der Waals surface area contributed by atoms with E-state index in [1.165, 1.54) is 12.2 Å². The molecule has 0 aliphatic rings. The summed E-state index contributed by atoms with van der Waals surface area (Å²) in [5.74, 6) is 0.130. The van der Waals surface area contributed by atoms with Gasteiger partial charge in [0.05, 0.1) is 11.4 Å². The van der Waals surface area contributed by atoms with Crippen molar-refractivity contribution in [1.29, 1.82) is 0 Å². The topological polar surface area (TPSA) is 51.8 Å². The van der Waals surface area contributed by atoms with Crippen LogP contribution >= 0.6 is 0 Å². The van der Waals surface area contributed by atoms with Gasteiger partial charge in [0.1, 0.15) is 5.83 Å². The van der Waals surface area contributed by atoms with Gasteiger partial charge < -0.3 is 4.52 Å². The van der Waals surface area contributed by atoms with E-state index in [0.717, 1.165) is 33.8 Å². The maximum absolute atomic E-state index is 13.5. The minimum absolute atomic E-state index is 0.352. The molecule has 4 nitrogen and oxygen atoms in total. The van der Waals surface area contributed by atoms with Gasteiger partial charge in [0.15, 0.2) is 5.76 Å². The second kappa shape index (κ2) is 8.57. The molecule has 0 unspecified atom stereocenters. The number of aromatic nitrogens is 3. The number of rotatable bonds is 6. The van der Waals surface area contributed by atoms with Crippen molar-refractivity contribution >= 4 is 5.57 Å². The lowest BCUT2D eigenvalue weighted by molar-refractivity contribution is 0.404. The Labute approximate surface area is 164 Å². The summed E-state index contributed by atoms with van der Waals surface area (Å²) in [6.07, 6.45) is 8.50. The Balaban J connectivity index is 1.82. The number of hydrogen-bond donors (Lipinski definition) is 0. The normalized spacial score (nSPS) is 12.3. The van der Waals surface area contributed by atoms with Crippen LogP contribution in [-0.4, -0.2) is 15.1 Å². The molecule has 0 aliphatic heterocycles. The van der Waals surface area contributed by atoms with E-state index in [0.29, 0.717) is 17.8 Å². The highest BCUT2D eigenvalue weighted by molar-refractivity contribution is 5.72. The lowest BCUT2D eigenvalue weighted by Crippen LogP contribution is -1.95. The predicted octanol–water partition coefficient (Wildman–Crippen LogP) is 5.78. The van der Waals surface area contributed by atoms with Crippen molar-refractivity contribution in [3.63, 3.8) is 0 Å². The molecule has 0 atom stereocenters. The van der Waals surface area contributed by atoms with Crippen molar-refractivity contribution in [2.45, 2.75) is 27.2 Å². The summed E-state index contributed by atoms with van der Waals surface area (Å²) in [7, 11) is 0. The Morgan fingerprint density at radius 1 is 1.21 bits per heavy atom. The minimum atomic E-state index is -0.352. The van der Waals surface area contributed by atoms with E-state index in [-0.39, 0.29) is 5.83 Å². The molecular formula is C23H22FN3O. The van der Waals surface area contributed by atoms with E-state index in [2.05, 4.69) is 27.8 Å². The van der Waals surface area contributed by atoms with Gasteiger partial charge in [0, 0.05) is 41.7 Å². The summed E-state index contributed by atoms with van der Waals surface area (Å²) in [6.45, 7) is 9.34. The smallest absolute Gasteiger partial charge is 0.167 e. The van der Waals surface area contributed by atoms with Gasteiger partial charge in [0.2, 0.25) is 0 Å². The Bertz CT molecular complexity index is 1060. The summed E-state index contributed by atoms with van der Waals surface area (Å²) in [6, 6.07) is 7.87. The van der Waals surface area contributed by atoms with E-state index in [4.69, 9.17) is 4.52 Å². The van der Waals surface area contributed by atoms with Crippen molar-refractivity contribution in [2.24, 2.45) is 0 Å². The second-order valence-electron chi connectivity index (χ2n) is 6.53. The maximum atomic E-state index is 13.5. The molecule has 0 aromatic carbocycles. The quantitative estimate of drug-likeness (QED) is 0.512. The predicted molar refractivity (Wildman–Crippen MR) is 109 cm³/mol. The number of pyridine rings is 2. The van der Waals surface area contributed by atoms with Crippen LogP contribution < -0.4 is 0 Å². The van der Waals surface area contributed by atoms with Gasteiger partial charge in [-0.2, -0.15) is 0 Å². The largest absolute Gasteiger partial charge is 0.356 e. The van der Waals surface area contributed by atoms with E-state index in [9.17, 15) is 4.39 Å². The van der Waals surface area contributed by atoms with Gasteiger partial charge in [-0.25, -0.2) is 4.39 Å². The van der Waals surface area contributed by atoms with Crippen LogP contribution in [0.3, 0.4) is 0 Å². The molecule has 0 radical (unpaired) electrons. The van der Waals surface area contributed by atoms with Crippen LogP contribution in [-0.2, 0) is 6.42 Å². The fraction of sp³-hybridized carbons (Fsp3) is 0.174. The van der Waals surface area contributed by atoms with Gasteiger partial charge in [-0.15, -0.1) is 0 Å². The molecule has 0 aliphatic carbocycles. The fourth-order valence-electron chi connectivity index (χ4n) is 2.93. The first-order chi connectivity index (χ1) is 13.5. The first-order valence-corrected chi connectivity index (χ1v) is 9.00. The third kappa shape index (κ3) is 4.49. The van der Waals surface area contributed by atoms with Crippen molar-refractivity contribution in [3.8, 4) is 11.3 Å². The standard InChI is InChI=1S/C23H22FN3O/c1-5-18(12-20(24)6-2)22-13-21(27-28-22)11-17-9-15(3)23(26-14-17)19-7-8-25-16(4)10-19/h5-10,12-14H,1,11H2,2-4H3/b18-12+,20-6+. The van der Waals surface area contributed by atoms with Crippen LogP contribution in [0, 0.1) is 13.8 Å². The molecule has 0 saturated carbocycles. The highest BCUT2D eigenvalue weighted by Gasteiger charge is 2.11. The molecular weight excluding hydrogens is 353 g/mol. The Morgan fingerprint density at radius 2 is 2.04 bits per heavy atom. The zero-order valence-electron chi connectivity index (χ0n) is 16.2. The van der Waals surface area contributed by atoms with E-state index >= 15 is 0 Å². The number of halogens is 1. The third-order valence-electron chi connectivity index (χ3n) is 4.32. The van der Waals surface area contributed by atoms with Crippen LogP contribution in [0.15, 0.2) is 71.8 Å².